The summed E-state index contributed by atoms with van der Waals surface area (Å²) in [6, 6.07) is 12.4. The fourth-order valence-electron chi connectivity index (χ4n) is 4.03. The Hall–Kier alpha value is -2.48. The Morgan fingerprint density at radius 2 is 2.00 bits per heavy atom. The van der Waals surface area contributed by atoms with Crippen molar-refractivity contribution < 1.29 is 12.8 Å². The highest BCUT2D eigenvalue weighted by Gasteiger charge is 2.24. The topological polar surface area (TPSA) is 86.2 Å². The molecule has 29 heavy (non-hydrogen) atoms. The largest absolute Gasteiger partial charge is 0.464 e. The third-order valence-corrected chi connectivity index (χ3v) is 7.61. The number of aryl methyl sites for hydroxylation is 1. The SMILES string of the molecule is CC1CCc2c(sc3nc(-c4ccc(S(N)(=O)=O)cc4)cc(-c4ccco4)c23)C1. The van der Waals surface area contributed by atoms with Gasteiger partial charge in [-0.2, -0.15) is 0 Å². The minimum absolute atomic E-state index is 0.0918. The molecular formula is C22H20N2O3S2. The van der Waals surface area contributed by atoms with Crippen LogP contribution in [0.1, 0.15) is 23.8 Å². The molecule has 1 atom stereocenters. The van der Waals surface area contributed by atoms with Gasteiger partial charge in [0.05, 0.1) is 16.9 Å². The molecule has 0 amide bonds. The molecule has 148 valence electrons. The van der Waals surface area contributed by atoms with Gasteiger partial charge in [0.15, 0.2) is 0 Å². The molecule has 7 heteroatoms. The molecule has 2 N–H and O–H groups in total. The summed E-state index contributed by atoms with van der Waals surface area (Å²) >= 11 is 1.76. The predicted molar refractivity (Wildman–Crippen MR) is 115 cm³/mol. The van der Waals surface area contributed by atoms with Crippen molar-refractivity contribution in [2.24, 2.45) is 11.1 Å². The van der Waals surface area contributed by atoms with E-state index >= 15 is 0 Å². The lowest BCUT2D eigenvalue weighted by molar-refractivity contribution is 0.509. The van der Waals surface area contributed by atoms with Crippen LogP contribution in [-0.4, -0.2) is 13.4 Å². The van der Waals surface area contributed by atoms with Crippen molar-refractivity contribution in [1.82, 2.24) is 4.98 Å². The van der Waals surface area contributed by atoms with Crippen LogP contribution in [0.3, 0.4) is 0 Å². The molecule has 0 aliphatic heterocycles. The number of primary sulfonamides is 1. The highest BCUT2D eigenvalue weighted by Crippen LogP contribution is 2.43. The molecule has 0 radical (unpaired) electrons. The molecule has 3 aromatic heterocycles. The predicted octanol–water partition coefficient (Wildman–Crippen LogP) is 5.00. The number of fused-ring (bicyclic) bond motifs is 3. The van der Waals surface area contributed by atoms with Crippen molar-refractivity contribution in [3.05, 3.63) is 59.2 Å². The van der Waals surface area contributed by atoms with Crippen LogP contribution in [0.2, 0.25) is 0 Å². The minimum Gasteiger partial charge on any atom is -0.464 e. The number of sulfonamides is 1. The van der Waals surface area contributed by atoms with E-state index in [-0.39, 0.29) is 4.90 Å². The zero-order valence-electron chi connectivity index (χ0n) is 15.9. The number of hydrogen-bond donors (Lipinski definition) is 1. The van der Waals surface area contributed by atoms with E-state index in [0.29, 0.717) is 5.92 Å². The molecule has 0 fully saturated rings. The van der Waals surface area contributed by atoms with Gasteiger partial charge in [0.25, 0.3) is 0 Å². The molecule has 0 bridgehead atoms. The van der Waals surface area contributed by atoms with Crippen LogP contribution >= 0.6 is 11.3 Å². The number of nitrogens with two attached hydrogens (primary N) is 1. The van der Waals surface area contributed by atoms with Crippen molar-refractivity contribution in [2.75, 3.05) is 0 Å². The molecule has 5 nitrogen and oxygen atoms in total. The molecule has 0 spiro atoms. The summed E-state index contributed by atoms with van der Waals surface area (Å²) in [6.07, 6.45) is 5.02. The average Bonchev–Trinajstić information content (AvgIpc) is 3.34. The van der Waals surface area contributed by atoms with Gasteiger partial charge in [-0.05, 0) is 61.1 Å². The van der Waals surface area contributed by atoms with Crippen LogP contribution in [-0.2, 0) is 22.9 Å². The summed E-state index contributed by atoms with van der Waals surface area (Å²) in [4.78, 5) is 7.45. The summed E-state index contributed by atoms with van der Waals surface area (Å²) in [5.41, 5.74) is 4.07. The van der Waals surface area contributed by atoms with Gasteiger partial charge in [-0.3, -0.25) is 0 Å². The molecule has 5 rings (SSSR count). The van der Waals surface area contributed by atoms with Crippen LogP contribution in [0.5, 0.6) is 0 Å². The molecule has 4 aromatic rings. The summed E-state index contributed by atoms with van der Waals surface area (Å²) in [5, 5.41) is 6.41. The summed E-state index contributed by atoms with van der Waals surface area (Å²) < 4.78 is 28.9. The number of rotatable bonds is 3. The Kier molecular flexibility index (Phi) is 4.34. The number of aromatic nitrogens is 1. The Morgan fingerprint density at radius 3 is 2.69 bits per heavy atom. The smallest absolute Gasteiger partial charge is 0.238 e. The maximum Gasteiger partial charge on any atom is 0.238 e. The maximum absolute atomic E-state index is 11.6. The van der Waals surface area contributed by atoms with Crippen LogP contribution in [0.25, 0.3) is 32.8 Å². The van der Waals surface area contributed by atoms with Crippen molar-refractivity contribution in [3.8, 4) is 22.6 Å². The molecule has 0 saturated carbocycles. The highest BCUT2D eigenvalue weighted by molar-refractivity contribution is 7.89. The second-order valence-corrected chi connectivity index (χ2v) is 10.3. The van der Waals surface area contributed by atoms with Gasteiger partial charge in [-0.15, -0.1) is 11.3 Å². The van der Waals surface area contributed by atoms with Gasteiger partial charge in [-0.25, -0.2) is 18.5 Å². The highest BCUT2D eigenvalue weighted by atomic mass is 32.2. The van der Waals surface area contributed by atoms with E-state index in [4.69, 9.17) is 14.5 Å². The van der Waals surface area contributed by atoms with Crippen molar-refractivity contribution >= 4 is 31.6 Å². The van der Waals surface area contributed by atoms with Gasteiger partial charge in [0, 0.05) is 21.4 Å². The lowest BCUT2D eigenvalue weighted by Crippen LogP contribution is -2.11. The maximum atomic E-state index is 11.6. The van der Waals surface area contributed by atoms with Crippen LogP contribution in [0.15, 0.2) is 58.0 Å². The van der Waals surface area contributed by atoms with Crippen LogP contribution < -0.4 is 5.14 Å². The van der Waals surface area contributed by atoms with E-state index in [0.717, 1.165) is 40.3 Å². The van der Waals surface area contributed by atoms with E-state index in [2.05, 4.69) is 6.92 Å². The Balaban J connectivity index is 1.72. The fourth-order valence-corrected chi connectivity index (χ4v) is 5.96. The molecule has 1 unspecified atom stereocenters. The summed E-state index contributed by atoms with van der Waals surface area (Å²) in [6.45, 7) is 2.30. The lowest BCUT2D eigenvalue weighted by atomic mass is 9.88. The number of hydrogen-bond acceptors (Lipinski definition) is 5. The lowest BCUT2D eigenvalue weighted by Gasteiger charge is -2.18. The third kappa shape index (κ3) is 3.29. The fraction of sp³-hybridized carbons (Fsp3) is 0.227. The first-order valence-corrected chi connectivity index (χ1v) is 11.9. The van der Waals surface area contributed by atoms with Gasteiger partial charge in [0.2, 0.25) is 10.0 Å². The summed E-state index contributed by atoms with van der Waals surface area (Å²) in [5.74, 6) is 1.51. The van der Waals surface area contributed by atoms with Gasteiger partial charge >= 0.3 is 0 Å². The molecule has 1 aliphatic carbocycles. The minimum atomic E-state index is -3.72. The van der Waals surface area contributed by atoms with Crippen LogP contribution in [0, 0.1) is 5.92 Å². The first-order chi connectivity index (χ1) is 13.9. The standard InChI is InChI=1S/C22H20N2O3S2/c1-13-4-9-16-20(11-13)28-22-21(16)17(19-3-2-10-27-19)12-18(24-22)14-5-7-15(8-6-14)29(23,25)26/h2-3,5-8,10,12-13H,4,9,11H2,1H3,(H2,23,25,26). The zero-order valence-corrected chi connectivity index (χ0v) is 17.5. The van der Waals surface area contributed by atoms with Gasteiger partial charge < -0.3 is 4.42 Å². The monoisotopic (exact) mass is 424 g/mol. The quantitative estimate of drug-likeness (QED) is 0.502. The van der Waals surface area contributed by atoms with E-state index < -0.39 is 10.0 Å². The Labute approximate surface area is 173 Å². The van der Waals surface area contributed by atoms with Crippen molar-refractivity contribution in [3.63, 3.8) is 0 Å². The normalized spacial score (nSPS) is 16.8. The first kappa shape index (κ1) is 18.5. The zero-order chi connectivity index (χ0) is 20.2. The second kappa shape index (κ2) is 6.79. The first-order valence-electron chi connectivity index (χ1n) is 9.52. The van der Waals surface area contributed by atoms with E-state index in [1.807, 2.05) is 18.2 Å². The molecule has 1 aliphatic rings. The molecular weight excluding hydrogens is 404 g/mol. The van der Waals surface area contributed by atoms with Gasteiger partial charge in [0.1, 0.15) is 10.6 Å². The van der Waals surface area contributed by atoms with Gasteiger partial charge in [-0.1, -0.05) is 19.1 Å². The van der Waals surface area contributed by atoms with E-state index in [9.17, 15) is 8.42 Å². The number of thiophene rings is 1. The second-order valence-electron chi connectivity index (χ2n) is 7.63. The summed E-state index contributed by atoms with van der Waals surface area (Å²) in [7, 11) is -3.72. The number of nitrogens with zero attached hydrogens (tertiary/aromatic N) is 1. The molecule has 0 saturated heterocycles. The Bertz CT molecular complexity index is 1300. The number of furan rings is 1. The molecule has 3 heterocycles. The van der Waals surface area contributed by atoms with Crippen LogP contribution in [0.4, 0.5) is 0 Å². The Morgan fingerprint density at radius 1 is 1.21 bits per heavy atom. The average molecular weight is 425 g/mol. The molecule has 1 aromatic carbocycles. The van der Waals surface area contributed by atoms with E-state index in [1.54, 1.807) is 29.7 Å². The van der Waals surface area contributed by atoms with Crippen molar-refractivity contribution in [1.29, 1.82) is 0 Å². The van der Waals surface area contributed by atoms with E-state index in [1.165, 1.54) is 34.4 Å². The number of benzene rings is 1. The number of pyridine rings is 1. The van der Waals surface area contributed by atoms with Crippen molar-refractivity contribution in [2.45, 2.75) is 31.1 Å². The third-order valence-electron chi connectivity index (χ3n) is 5.53.